The predicted molar refractivity (Wildman–Crippen MR) is 67.4 cm³/mol. The van der Waals surface area contributed by atoms with Gasteiger partial charge in [0.15, 0.2) is 0 Å². The summed E-state index contributed by atoms with van der Waals surface area (Å²) < 4.78 is 4.60. The van der Waals surface area contributed by atoms with Crippen molar-refractivity contribution in [3.05, 3.63) is 0 Å². The monoisotopic (exact) mass is 271 g/mol. The fourth-order valence-corrected chi connectivity index (χ4v) is 2.34. The lowest BCUT2D eigenvalue weighted by Gasteiger charge is -2.29. The number of carboxylic acids is 1. The number of carboxylic acid groups (broad SMARTS) is 1. The second-order valence-electron chi connectivity index (χ2n) is 5.08. The lowest BCUT2D eigenvalue weighted by molar-refractivity contribution is -0.164. The molecule has 1 aliphatic carbocycles. The highest BCUT2D eigenvalue weighted by molar-refractivity contribution is 5.85. The van der Waals surface area contributed by atoms with E-state index in [0.717, 1.165) is 26.2 Å². The summed E-state index contributed by atoms with van der Waals surface area (Å²) in [6.07, 6.45) is 2.48. The van der Waals surface area contributed by atoms with Crippen molar-refractivity contribution < 1.29 is 24.2 Å². The number of hydrogen-bond acceptors (Lipinski definition) is 4. The highest BCUT2D eigenvalue weighted by atomic mass is 16.6. The number of esters is 1. The van der Waals surface area contributed by atoms with Crippen LogP contribution in [0.2, 0.25) is 0 Å². The third-order valence-corrected chi connectivity index (χ3v) is 3.41. The quantitative estimate of drug-likeness (QED) is 0.730. The molecule has 6 heteroatoms. The first-order valence-corrected chi connectivity index (χ1v) is 6.59. The standard InChI is InChI=1S/C13H21NO5/c1-8-5-3-4-6-10(8)14-12(16)7-11(13(17)18)19-9(2)15/h8,10-11H,3-7H2,1-2H3,(H,14,16)(H,17,18)/t8-,10+,11+/m0/s1. The van der Waals surface area contributed by atoms with Crippen LogP contribution in [0.4, 0.5) is 0 Å². The SMILES string of the molecule is CC(=O)O[C@H](CC(=O)N[C@@H]1CCCC[C@@H]1C)C(=O)O. The molecule has 6 nitrogen and oxygen atoms in total. The average Bonchev–Trinajstić information content (AvgIpc) is 2.30. The van der Waals surface area contributed by atoms with Crippen molar-refractivity contribution in [2.75, 3.05) is 0 Å². The normalized spacial score (nSPS) is 24.3. The van der Waals surface area contributed by atoms with E-state index in [2.05, 4.69) is 17.0 Å². The second-order valence-corrected chi connectivity index (χ2v) is 5.08. The Labute approximate surface area is 112 Å². The average molecular weight is 271 g/mol. The second kappa shape index (κ2) is 7.11. The van der Waals surface area contributed by atoms with Gasteiger partial charge in [0.1, 0.15) is 0 Å². The van der Waals surface area contributed by atoms with E-state index in [1.54, 1.807) is 0 Å². The summed E-state index contributed by atoms with van der Waals surface area (Å²) in [4.78, 5) is 33.4. The van der Waals surface area contributed by atoms with Crippen LogP contribution in [0, 0.1) is 5.92 Å². The Kier molecular flexibility index (Phi) is 5.79. The van der Waals surface area contributed by atoms with Gasteiger partial charge in [0.25, 0.3) is 0 Å². The van der Waals surface area contributed by atoms with Crippen LogP contribution < -0.4 is 5.32 Å². The summed E-state index contributed by atoms with van der Waals surface area (Å²) in [5, 5.41) is 11.7. The molecule has 1 fully saturated rings. The van der Waals surface area contributed by atoms with Crippen molar-refractivity contribution in [2.45, 2.75) is 58.1 Å². The summed E-state index contributed by atoms with van der Waals surface area (Å²) in [6.45, 7) is 3.20. The van der Waals surface area contributed by atoms with E-state index in [1.165, 1.54) is 6.42 Å². The van der Waals surface area contributed by atoms with Crippen molar-refractivity contribution >= 4 is 17.8 Å². The van der Waals surface area contributed by atoms with Crippen LogP contribution in [0.25, 0.3) is 0 Å². The number of hydrogen-bond donors (Lipinski definition) is 2. The van der Waals surface area contributed by atoms with Crippen LogP contribution >= 0.6 is 0 Å². The molecular formula is C13H21NO5. The number of carbonyl (C=O) groups excluding carboxylic acids is 2. The van der Waals surface area contributed by atoms with E-state index in [4.69, 9.17) is 5.11 Å². The summed E-state index contributed by atoms with van der Waals surface area (Å²) in [5.41, 5.74) is 0. The van der Waals surface area contributed by atoms with Crippen LogP contribution in [0.15, 0.2) is 0 Å². The molecule has 0 aromatic carbocycles. The predicted octanol–water partition coefficient (Wildman–Crippen LogP) is 1.09. The number of aliphatic carboxylic acids is 1. The molecule has 0 bridgehead atoms. The Morgan fingerprint density at radius 3 is 2.47 bits per heavy atom. The first kappa shape index (κ1) is 15.5. The van der Waals surface area contributed by atoms with Crippen molar-refractivity contribution in [3.8, 4) is 0 Å². The van der Waals surface area contributed by atoms with Gasteiger partial charge in [0, 0.05) is 13.0 Å². The molecule has 0 spiro atoms. The van der Waals surface area contributed by atoms with Crippen molar-refractivity contribution in [1.82, 2.24) is 5.32 Å². The minimum Gasteiger partial charge on any atom is -0.478 e. The minimum absolute atomic E-state index is 0.0908. The molecule has 2 N–H and O–H groups in total. The molecule has 1 aliphatic rings. The van der Waals surface area contributed by atoms with E-state index in [0.29, 0.717) is 5.92 Å². The zero-order chi connectivity index (χ0) is 14.4. The molecule has 3 atom stereocenters. The van der Waals surface area contributed by atoms with Crippen molar-refractivity contribution in [2.24, 2.45) is 5.92 Å². The molecule has 0 aromatic heterocycles. The molecule has 1 rings (SSSR count). The highest BCUT2D eigenvalue weighted by Crippen LogP contribution is 2.23. The van der Waals surface area contributed by atoms with E-state index in [9.17, 15) is 14.4 Å². The van der Waals surface area contributed by atoms with Gasteiger partial charge in [-0.05, 0) is 18.8 Å². The Balaban J connectivity index is 2.47. The molecule has 1 saturated carbocycles. The first-order chi connectivity index (χ1) is 8.90. The Hall–Kier alpha value is -1.59. The third-order valence-electron chi connectivity index (χ3n) is 3.41. The number of amides is 1. The van der Waals surface area contributed by atoms with Crippen LogP contribution in [-0.2, 0) is 19.1 Å². The summed E-state index contributed by atoms with van der Waals surface area (Å²) in [7, 11) is 0. The Morgan fingerprint density at radius 2 is 1.95 bits per heavy atom. The molecule has 0 heterocycles. The molecule has 0 saturated heterocycles. The third kappa shape index (κ3) is 5.28. The van der Waals surface area contributed by atoms with Gasteiger partial charge in [-0.1, -0.05) is 19.8 Å². The number of rotatable bonds is 5. The molecule has 0 aliphatic heterocycles. The van der Waals surface area contributed by atoms with Crippen LogP contribution in [0.3, 0.4) is 0 Å². The van der Waals surface area contributed by atoms with Gasteiger partial charge < -0.3 is 15.2 Å². The van der Waals surface area contributed by atoms with E-state index in [-0.39, 0.29) is 18.4 Å². The highest BCUT2D eigenvalue weighted by Gasteiger charge is 2.27. The van der Waals surface area contributed by atoms with Crippen molar-refractivity contribution in [1.29, 1.82) is 0 Å². The van der Waals surface area contributed by atoms with Gasteiger partial charge in [-0.2, -0.15) is 0 Å². The van der Waals surface area contributed by atoms with Gasteiger partial charge in [0.2, 0.25) is 12.0 Å². The molecular weight excluding hydrogens is 250 g/mol. The lowest BCUT2D eigenvalue weighted by atomic mass is 9.86. The molecule has 0 aromatic rings. The van der Waals surface area contributed by atoms with Gasteiger partial charge in [0.05, 0.1) is 6.42 Å². The van der Waals surface area contributed by atoms with Crippen LogP contribution in [0.5, 0.6) is 0 Å². The Morgan fingerprint density at radius 1 is 1.32 bits per heavy atom. The Bertz CT molecular complexity index is 355. The molecule has 108 valence electrons. The van der Waals surface area contributed by atoms with E-state index >= 15 is 0 Å². The van der Waals surface area contributed by atoms with Gasteiger partial charge in [-0.15, -0.1) is 0 Å². The number of ether oxygens (including phenoxy) is 1. The van der Waals surface area contributed by atoms with E-state index < -0.39 is 18.0 Å². The smallest absolute Gasteiger partial charge is 0.345 e. The molecule has 0 radical (unpaired) electrons. The minimum atomic E-state index is -1.41. The van der Waals surface area contributed by atoms with Crippen LogP contribution in [0.1, 0.15) is 46.0 Å². The molecule has 0 unspecified atom stereocenters. The maximum Gasteiger partial charge on any atom is 0.345 e. The fourth-order valence-electron chi connectivity index (χ4n) is 2.34. The summed E-state index contributed by atoms with van der Waals surface area (Å²) in [6, 6.07) is 0.0908. The zero-order valence-electron chi connectivity index (χ0n) is 11.3. The maximum absolute atomic E-state index is 11.8. The van der Waals surface area contributed by atoms with Gasteiger partial charge in [-0.3, -0.25) is 9.59 Å². The lowest BCUT2D eigenvalue weighted by Crippen LogP contribution is -2.43. The largest absolute Gasteiger partial charge is 0.478 e. The first-order valence-electron chi connectivity index (χ1n) is 6.59. The van der Waals surface area contributed by atoms with E-state index in [1.807, 2.05) is 0 Å². The van der Waals surface area contributed by atoms with Gasteiger partial charge >= 0.3 is 11.9 Å². The topological polar surface area (TPSA) is 92.7 Å². The molecule has 19 heavy (non-hydrogen) atoms. The van der Waals surface area contributed by atoms with Gasteiger partial charge in [-0.25, -0.2) is 4.79 Å². The fraction of sp³-hybridized carbons (Fsp3) is 0.769. The maximum atomic E-state index is 11.8. The summed E-state index contributed by atoms with van der Waals surface area (Å²) >= 11 is 0. The molecule has 1 amide bonds. The summed E-state index contributed by atoms with van der Waals surface area (Å²) in [5.74, 6) is -1.99. The number of carbonyl (C=O) groups is 3. The zero-order valence-corrected chi connectivity index (χ0v) is 11.3. The number of nitrogens with one attached hydrogen (secondary N) is 1. The van der Waals surface area contributed by atoms with Crippen LogP contribution in [-0.4, -0.2) is 35.1 Å². The van der Waals surface area contributed by atoms with Crippen molar-refractivity contribution in [3.63, 3.8) is 0 Å².